The fourth-order valence-corrected chi connectivity index (χ4v) is 8.58. The van der Waals surface area contributed by atoms with Gasteiger partial charge in [0.05, 0.1) is 0 Å². The summed E-state index contributed by atoms with van der Waals surface area (Å²) in [4.78, 5) is 4.99. The van der Waals surface area contributed by atoms with Gasteiger partial charge in [-0.2, -0.15) is 0 Å². The first-order valence-electron chi connectivity index (χ1n) is 19.8. The zero-order chi connectivity index (χ0) is 38.2. The summed E-state index contributed by atoms with van der Waals surface area (Å²) in [6.45, 7) is 20.8. The van der Waals surface area contributed by atoms with Crippen LogP contribution in [0.25, 0.3) is 16.8 Å². The van der Waals surface area contributed by atoms with Gasteiger partial charge in [0.1, 0.15) is 0 Å². The number of anilines is 5. The van der Waals surface area contributed by atoms with Crippen molar-refractivity contribution >= 4 is 68.4 Å². The Balaban J connectivity index is 1.42. The van der Waals surface area contributed by atoms with Crippen LogP contribution in [0.15, 0.2) is 121 Å². The Morgan fingerprint density at radius 1 is 0.574 bits per heavy atom. The van der Waals surface area contributed by atoms with Crippen molar-refractivity contribution in [3.63, 3.8) is 0 Å². The fraction of sp³-hybridized carbons (Fsp3) is 0.294. The first-order valence-corrected chi connectivity index (χ1v) is 19.8. The molecular weight excluding hydrogens is 651 g/mol. The van der Waals surface area contributed by atoms with Gasteiger partial charge in [0.2, 0.25) is 6.71 Å². The number of rotatable bonds is 4. The minimum absolute atomic E-state index is 0.00452. The van der Waals surface area contributed by atoms with E-state index in [1.165, 1.54) is 83.4 Å². The molecule has 272 valence electrons. The van der Waals surface area contributed by atoms with Gasteiger partial charge in [0.25, 0.3) is 0 Å². The normalized spacial score (nSPS) is 14.2. The molecule has 2 aliphatic rings. The monoisotopic (exact) mass is 706 g/mol. The molecule has 6 aromatic rings. The van der Waals surface area contributed by atoms with Crippen LogP contribution in [0.2, 0.25) is 0 Å². The number of hydrogen-bond acceptors (Lipinski definition) is 2. The highest BCUT2D eigenvalue weighted by atomic mass is 15.2. The Hall–Kier alpha value is -5.02. The predicted octanol–water partition coefficient (Wildman–Crippen LogP) is 11.8. The van der Waals surface area contributed by atoms with E-state index in [-0.39, 0.29) is 23.0 Å². The Bertz CT molecular complexity index is 2400. The largest absolute Gasteiger partial charge is 0.345 e. The summed E-state index contributed by atoms with van der Waals surface area (Å²) >= 11 is 0. The third-order valence-corrected chi connectivity index (χ3v) is 11.9. The van der Waals surface area contributed by atoms with Crippen LogP contribution in [0.4, 0.5) is 28.4 Å². The molecule has 3 heteroatoms. The highest BCUT2D eigenvalue weighted by Crippen LogP contribution is 2.41. The highest BCUT2D eigenvalue weighted by Gasteiger charge is 2.39. The second-order valence-electron chi connectivity index (χ2n) is 18.7. The summed E-state index contributed by atoms with van der Waals surface area (Å²) < 4.78 is 0. The third-order valence-electron chi connectivity index (χ3n) is 11.9. The molecule has 1 aliphatic heterocycles. The topological polar surface area (TPSA) is 6.48 Å². The van der Waals surface area contributed by atoms with E-state index in [0.29, 0.717) is 0 Å². The van der Waals surface area contributed by atoms with Crippen LogP contribution in [0.5, 0.6) is 0 Å². The van der Waals surface area contributed by atoms with Crippen LogP contribution in [-0.2, 0) is 22.7 Å². The van der Waals surface area contributed by atoms with Gasteiger partial charge in [-0.3, -0.25) is 0 Å². The average Bonchev–Trinajstić information content (AvgIpc) is 3.14. The van der Waals surface area contributed by atoms with E-state index in [1.54, 1.807) is 0 Å². The summed E-state index contributed by atoms with van der Waals surface area (Å²) in [5, 5.41) is 2.52. The van der Waals surface area contributed by atoms with Crippen molar-refractivity contribution in [3.05, 3.63) is 149 Å². The molecule has 1 aliphatic carbocycles. The molecule has 0 radical (unpaired) electrons. The maximum atomic E-state index is 2.55. The Morgan fingerprint density at radius 2 is 1.19 bits per heavy atom. The van der Waals surface area contributed by atoms with Crippen molar-refractivity contribution in [2.45, 2.75) is 91.4 Å². The van der Waals surface area contributed by atoms with Crippen LogP contribution >= 0.6 is 0 Å². The minimum Gasteiger partial charge on any atom is -0.345 e. The van der Waals surface area contributed by atoms with Crippen LogP contribution in [-0.4, -0.2) is 13.8 Å². The standard InChI is InChI=1S/C51H55BN2/c1-49(2,3)37-20-25-40(26-21-37)53(10)48-42-18-14-13-15-34(42)19-29-43(48)52-44-31-35-16-11-12-17-36(35)32-47(44)54(41-27-22-38(23-28-41)50(4,5)6)46-30-24-39(33-45(46)52)51(7,8)9/h11,13-16,18-33H,12,17H2,1-10H3. The van der Waals surface area contributed by atoms with E-state index in [9.17, 15) is 0 Å². The van der Waals surface area contributed by atoms with Gasteiger partial charge in [-0.15, -0.1) is 0 Å². The Kier molecular flexibility index (Phi) is 8.72. The van der Waals surface area contributed by atoms with Crippen molar-refractivity contribution < 1.29 is 0 Å². The smallest absolute Gasteiger partial charge is 0.249 e. The number of benzene rings is 6. The van der Waals surface area contributed by atoms with Crippen LogP contribution < -0.4 is 26.2 Å². The average molecular weight is 707 g/mol. The first-order chi connectivity index (χ1) is 25.6. The van der Waals surface area contributed by atoms with E-state index in [2.05, 4.69) is 207 Å². The molecule has 0 bridgehead atoms. The Labute approximate surface area is 324 Å². The third kappa shape index (κ3) is 6.36. The lowest BCUT2D eigenvalue weighted by Gasteiger charge is -2.40. The van der Waals surface area contributed by atoms with Crippen molar-refractivity contribution in [2.24, 2.45) is 0 Å². The van der Waals surface area contributed by atoms with Gasteiger partial charge in [-0.25, -0.2) is 0 Å². The molecule has 0 unspecified atom stereocenters. The van der Waals surface area contributed by atoms with Gasteiger partial charge < -0.3 is 9.80 Å². The molecule has 0 saturated carbocycles. The lowest BCUT2D eigenvalue weighted by molar-refractivity contribution is 0.590. The lowest BCUT2D eigenvalue weighted by Crippen LogP contribution is -2.58. The molecular formula is C51H55BN2. The molecule has 0 N–H and O–H groups in total. The Morgan fingerprint density at radius 3 is 1.85 bits per heavy atom. The molecule has 0 atom stereocenters. The molecule has 8 rings (SSSR count). The molecule has 54 heavy (non-hydrogen) atoms. The summed E-state index contributed by atoms with van der Waals surface area (Å²) in [6, 6.07) is 44.5. The quantitative estimate of drug-likeness (QED) is 0.168. The van der Waals surface area contributed by atoms with Crippen molar-refractivity contribution in [1.29, 1.82) is 0 Å². The number of allylic oxidation sites excluding steroid dienone is 1. The minimum atomic E-state index is -0.00452. The molecule has 0 saturated heterocycles. The maximum absolute atomic E-state index is 2.55. The van der Waals surface area contributed by atoms with E-state index in [1.807, 2.05) is 0 Å². The second kappa shape index (κ2) is 13.1. The van der Waals surface area contributed by atoms with E-state index in [4.69, 9.17) is 0 Å². The first kappa shape index (κ1) is 36.0. The zero-order valence-electron chi connectivity index (χ0n) is 34.0. The summed E-state index contributed by atoms with van der Waals surface area (Å²) in [6.07, 6.45) is 6.83. The molecule has 2 nitrogen and oxygen atoms in total. The van der Waals surface area contributed by atoms with Crippen molar-refractivity contribution in [1.82, 2.24) is 0 Å². The van der Waals surface area contributed by atoms with Crippen LogP contribution in [0.3, 0.4) is 0 Å². The second-order valence-corrected chi connectivity index (χ2v) is 18.7. The number of nitrogens with zero attached hydrogens (tertiary/aromatic N) is 2. The van der Waals surface area contributed by atoms with E-state index >= 15 is 0 Å². The van der Waals surface area contributed by atoms with Crippen molar-refractivity contribution in [3.8, 4) is 0 Å². The SMILES string of the molecule is CN(c1ccc(C(C)(C)C)cc1)c1c(B2c3cc(C(C)(C)C)ccc3N(c3ccc(C(C)(C)C)cc3)c3cc4c(cc32)C=CCC4)ccc2ccccc12. The fourth-order valence-electron chi connectivity index (χ4n) is 8.58. The number of hydrogen-bond donors (Lipinski definition) is 0. The molecule has 0 fully saturated rings. The lowest BCUT2D eigenvalue weighted by atomic mass is 9.34. The highest BCUT2D eigenvalue weighted by molar-refractivity contribution is 6.99. The zero-order valence-corrected chi connectivity index (χ0v) is 34.0. The number of aryl methyl sites for hydroxylation is 1. The molecule has 0 spiro atoms. The summed E-state index contributed by atoms with van der Waals surface area (Å²) in [5.41, 5.74) is 17.2. The molecule has 0 amide bonds. The van der Waals surface area contributed by atoms with Crippen LogP contribution in [0.1, 0.15) is 96.6 Å². The van der Waals surface area contributed by atoms with E-state index < -0.39 is 0 Å². The number of fused-ring (bicyclic) bond motifs is 4. The maximum Gasteiger partial charge on any atom is 0.249 e. The molecule has 0 aromatic heterocycles. The predicted molar refractivity (Wildman–Crippen MR) is 238 cm³/mol. The van der Waals surface area contributed by atoms with Gasteiger partial charge in [0, 0.05) is 40.9 Å². The van der Waals surface area contributed by atoms with Gasteiger partial charge in [-0.1, -0.05) is 153 Å². The summed E-state index contributed by atoms with van der Waals surface area (Å²) in [5.74, 6) is 0. The van der Waals surface area contributed by atoms with Crippen molar-refractivity contribution in [2.75, 3.05) is 16.8 Å². The van der Waals surface area contributed by atoms with Crippen LogP contribution in [0, 0.1) is 0 Å². The summed E-state index contributed by atoms with van der Waals surface area (Å²) in [7, 11) is 2.26. The molecule has 1 heterocycles. The van der Waals surface area contributed by atoms with Gasteiger partial charge in [-0.05, 0) is 115 Å². The van der Waals surface area contributed by atoms with Gasteiger partial charge >= 0.3 is 0 Å². The van der Waals surface area contributed by atoms with E-state index in [0.717, 1.165) is 12.8 Å². The molecule has 6 aromatic carbocycles. The van der Waals surface area contributed by atoms with Gasteiger partial charge in [0.15, 0.2) is 0 Å².